The molecular weight excluding hydrogens is 339 g/mol. The van der Waals surface area contributed by atoms with Crippen LogP contribution in [0, 0.1) is 0 Å². The third kappa shape index (κ3) is 3.94. The molecule has 2 nitrogen and oxygen atoms in total. The molecule has 3 rings (SSSR count). The van der Waals surface area contributed by atoms with Gasteiger partial charge in [0.25, 0.3) is 0 Å². The highest BCUT2D eigenvalue weighted by atomic mass is 35.5. The molecule has 0 N–H and O–H groups in total. The molecule has 126 valence electrons. The SMILES string of the molecule is CN(C)CCCc1cn(Cc2ccc(Cl)cc2Cl)c2ccccc12. The van der Waals surface area contributed by atoms with Gasteiger partial charge >= 0.3 is 0 Å². The summed E-state index contributed by atoms with van der Waals surface area (Å²) in [6.07, 6.45) is 4.51. The number of fused-ring (bicyclic) bond motifs is 1. The second kappa shape index (κ2) is 7.60. The van der Waals surface area contributed by atoms with Gasteiger partial charge in [0.15, 0.2) is 0 Å². The predicted molar refractivity (Wildman–Crippen MR) is 104 cm³/mol. The fraction of sp³-hybridized carbons (Fsp3) is 0.300. The number of benzene rings is 2. The van der Waals surface area contributed by atoms with Crippen molar-refractivity contribution in [3.05, 3.63) is 69.8 Å². The molecule has 0 amide bonds. The van der Waals surface area contributed by atoms with E-state index >= 15 is 0 Å². The monoisotopic (exact) mass is 360 g/mol. The zero-order chi connectivity index (χ0) is 17.1. The van der Waals surface area contributed by atoms with Crippen molar-refractivity contribution in [2.45, 2.75) is 19.4 Å². The fourth-order valence-electron chi connectivity index (χ4n) is 3.07. The third-order valence-electron chi connectivity index (χ3n) is 4.28. The van der Waals surface area contributed by atoms with Gasteiger partial charge < -0.3 is 9.47 Å². The summed E-state index contributed by atoms with van der Waals surface area (Å²) in [5.74, 6) is 0. The minimum Gasteiger partial charge on any atom is -0.343 e. The van der Waals surface area contributed by atoms with Crippen LogP contribution in [0.4, 0.5) is 0 Å². The van der Waals surface area contributed by atoms with E-state index in [-0.39, 0.29) is 0 Å². The zero-order valence-corrected chi connectivity index (χ0v) is 15.6. The lowest BCUT2D eigenvalue weighted by atomic mass is 10.1. The minimum atomic E-state index is 0.672. The average Bonchev–Trinajstić information content (AvgIpc) is 2.88. The van der Waals surface area contributed by atoms with Gasteiger partial charge in [-0.2, -0.15) is 0 Å². The number of halogens is 2. The second-order valence-electron chi connectivity index (χ2n) is 6.44. The van der Waals surface area contributed by atoms with Gasteiger partial charge in [-0.3, -0.25) is 0 Å². The highest BCUT2D eigenvalue weighted by molar-refractivity contribution is 6.35. The molecule has 1 aromatic heterocycles. The number of hydrogen-bond acceptors (Lipinski definition) is 1. The largest absolute Gasteiger partial charge is 0.343 e. The summed E-state index contributed by atoms with van der Waals surface area (Å²) in [6.45, 7) is 1.85. The van der Waals surface area contributed by atoms with Crippen LogP contribution < -0.4 is 0 Å². The first-order valence-electron chi connectivity index (χ1n) is 8.20. The van der Waals surface area contributed by atoms with E-state index < -0.39 is 0 Å². The molecule has 3 aromatic rings. The van der Waals surface area contributed by atoms with E-state index in [0.29, 0.717) is 5.02 Å². The molecule has 0 fully saturated rings. The number of hydrogen-bond donors (Lipinski definition) is 0. The van der Waals surface area contributed by atoms with Gasteiger partial charge in [-0.15, -0.1) is 0 Å². The van der Waals surface area contributed by atoms with Crippen LogP contribution in [-0.4, -0.2) is 30.1 Å². The van der Waals surface area contributed by atoms with Crippen LogP contribution in [0.25, 0.3) is 10.9 Å². The first-order valence-corrected chi connectivity index (χ1v) is 8.95. The van der Waals surface area contributed by atoms with E-state index in [4.69, 9.17) is 23.2 Å². The van der Waals surface area contributed by atoms with Gasteiger partial charge in [0.05, 0.1) is 0 Å². The number of para-hydroxylation sites is 1. The fourth-order valence-corrected chi connectivity index (χ4v) is 3.54. The van der Waals surface area contributed by atoms with Crippen molar-refractivity contribution < 1.29 is 0 Å². The Bertz CT molecular complexity index is 837. The van der Waals surface area contributed by atoms with Crippen molar-refractivity contribution in [1.29, 1.82) is 0 Å². The van der Waals surface area contributed by atoms with Gasteiger partial charge in [-0.05, 0) is 62.8 Å². The molecule has 1 heterocycles. The van der Waals surface area contributed by atoms with Crippen LogP contribution in [0.1, 0.15) is 17.5 Å². The van der Waals surface area contributed by atoms with E-state index in [9.17, 15) is 0 Å². The summed E-state index contributed by atoms with van der Waals surface area (Å²) in [5, 5.41) is 2.72. The first kappa shape index (κ1) is 17.3. The van der Waals surface area contributed by atoms with Crippen molar-refractivity contribution >= 4 is 34.1 Å². The Labute approximate surface area is 153 Å². The molecule has 0 atom stereocenters. The van der Waals surface area contributed by atoms with E-state index in [0.717, 1.165) is 36.5 Å². The Kier molecular flexibility index (Phi) is 5.50. The van der Waals surface area contributed by atoms with Crippen LogP contribution in [0.5, 0.6) is 0 Å². The molecule has 2 aromatic carbocycles. The Morgan fingerprint density at radius 1 is 1.00 bits per heavy atom. The quantitative estimate of drug-likeness (QED) is 0.564. The van der Waals surface area contributed by atoms with Crippen LogP contribution >= 0.6 is 23.2 Å². The average molecular weight is 361 g/mol. The second-order valence-corrected chi connectivity index (χ2v) is 7.29. The number of nitrogens with zero attached hydrogens (tertiary/aromatic N) is 2. The summed E-state index contributed by atoms with van der Waals surface area (Å²) in [6, 6.07) is 14.3. The Morgan fingerprint density at radius 3 is 2.54 bits per heavy atom. The molecule has 0 spiro atoms. The van der Waals surface area contributed by atoms with Gasteiger partial charge in [0.2, 0.25) is 0 Å². The smallest absolute Gasteiger partial charge is 0.0491 e. The molecule has 24 heavy (non-hydrogen) atoms. The number of aryl methyl sites for hydroxylation is 1. The van der Waals surface area contributed by atoms with Crippen LogP contribution in [0.3, 0.4) is 0 Å². The maximum absolute atomic E-state index is 6.35. The highest BCUT2D eigenvalue weighted by Gasteiger charge is 2.10. The summed E-state index contributed by atoms with van der Waals surface area (Å²) in [5.41, 5.74) is 3.74. The number of aromatic nitrogens is 1. The lowest BCUT2D eigenvalue weighted by molar-refractivity contribution is 0.400. The van der Waals surface area contributed by atoms with E-state index in [2.05, 4.69) is 54.0 Å². The van der Waals surface area contributed by atoms with Crippen LogP contribution in [0.15, 0.2) is 48.7 Å². The molecule has 0 aliphatic heterocycles. The van der Waals surface area contributed by atoms with Gasteiger partial charge in [0.1, 0.15) is 0 Å². The summed E-state index contributed by atoms with van der Waals surface area (Å²) >= 11 is 12.4. The van der Waals surface area contributed by atoms with Crippen molar-refractivity contribution in [3.8, 4) is 0 Å². The molecule has 0 radical (unpaired) electrons. The van der Waals surface area contributed by atoms with Crippen LogP contribution in [0.2, 0.25) is 10.0 Å². The summed E-state index contributed by atoms with van der Waals surface area (Å²) < 4.78 is 2.29. The molecule has 0 saturated heterocycles. The van der Waals surface area contributed by atoms with E-state index in [1.807, 2.05) is 18.2 Å². The molecule has 0 aliphatic carbocycles. The summed E-state index contributed by atoms with van der Waals surface area (Å²) in [4.78, 5) is 2.23. The lowest BCUT2D eigenvalue weighted by Gasteiger charge is -2.08. The molecule has 4 heteroatoms. The standard InChI is InChI=1S/C20H22Cl2N2/c1-23(2)11-5-6-15-13-24(20-8-4-3-7-18(15)20)14-16-9-10-17(21)12-19(16)22/h3-4,7-10,12-13H,5-6,11,14H2,1-2H3. The zero-order valence-electron chi connectivity index (χ0n) is 14.1. The van der Waals surface area contributed by atoms with Crippen molar-refractivity contribution in [2.24, 2.45) is 0 Å². The normalized spacial score (nSPS) is 11.5. The minimum absolute atomic E-state index is 0.672. The van der Waals surface area contributed by atoms with E-state index in [1.54, 1.807) is 0 Å². The highest BCUT2D eigenvalue weighted by Crippen LogP contribution is 2.26. The predicted octanol–water partition coefficient (Wildman–Crippen LogP) is 5.49. The van der Waals surface area contributed by atoms with Crippen molar-refractivity contribution in [1.82, 2.24) is 9.47 Å². The maximum Gasteiger partial charge on any atom is 0.0491 e. The van der Waals surface area contributed by atoms with Gasteiger partial charge in [-0.1, -0.05) is 47.5 Å². The Hall–Kier alpha value is -1.48. The molecule has 0 aliphatic rings. The molecular formula is C20H22Cl2N2. The first-order chi connectivity index (χ1) is 11.5. The van der Waals surface area contributed by atoms with Gasteiger partial charge in [-0.25, -0.2) is 0 Å². The Balaban J connectivity index is 1.90. The van der Waals surface area contributed by atoms with Crippen molar-refractivity contribution in [2.75, 3.05) is 20.6 Å². The molecule has 0 bridgehead atoms. The maximum atomic E-state index is 6.35. The molecule has 0 unspecified atom stereocenters. The molecule has 0 saturated carbocycles. The number of rotatable bonds is 6. The lowest BCUT2D eigenvalue weighted by Crippen LogP contribution is -2.13. The third-order valence-corrected chi connectivity index (χ3v) is 4.87. The van der Waals surface area contributed by atoms with Crippen molar-refractivity contribution in [3.63, 3.8) is 0 Å². The summed E-state index contributed by atoms with van der Waals surface area (Å²) in [7, 11) is 4.23. The van der Waals surface area contributed by atoms with Gasteiger partial charge in [0, 0.05) is 33.7 Å². The topological polar surface area (TPSA) is 8.17 Å². The Morgan fingerprint density at radius 2 is 1.79 bits per heavy atom. The van der Waals surface area contributed by atoms with E-state index in [1.165, 1.54) is 16.5 Å². The van der Waals surface area contributed by atoms with Crippen LogP contribution in [-0.2, 0) is 13.0 Å².